The molecule has 0 amide bonds. The second-order valence-corrected chi connectivity index (χ2v) is 9.89. The van der Waals surface area contributed by atoms with Crippen LogP contribution in [-0.4, -0.2) is 36.7 Å². The Morgan fingerprint density at radius 3 is 2.47 bits per heavy atom. The Balaban J connectivity index is 1.99. The van der Waals surface area contributed by atoms with Crippen LogP contribution < -0.4 is 11.2 Å². The van der Waals surface area contributed by atoms with Crippen molar-refractivity contribution in [2.24, 2.45) is 5.41 Å². The number of fused-ring (bicyclic) bond motifs is 1. The normalized spacial score (nSPS) is 12.6. The molecule has 0 saturated carbocycles. The van der Waals surface area contributed by atoms with Gasteiger partial charge in [-0.15, -0.1) is 0 Å². The van der Waals surface area contributed by atoms with E-state index in [1.165, 1.54) is 26.9 Å². The summed E-state index contributed by atoms with van der Waals surface area (Å²) in [5.74, 6) is 0.199. The van der Waals surface area contributed by atoms with Crippen LogP contribution in [0.15, 0.2) is 32.4 Å². The van der Waals surface area contributed by atoms with Crippen molar-refractivity contribution in [1.29, 1.82) is 0 Å². The molecule has 11 nitrogen and oxygen atoms in total. The number of furan rings is 1. The highest BCUT2D eigenvalue weighted by Crippen LogP contribution is 2.18. The molecule has 3 heterocycles. The van der Waals surface area contributed by atoms with Gasteiger partial charge in [-0.05, 0) is 66.0 Å². The summed E-state index contributed by atoms with van der Waals surface area (Å²) < 4.78 is 20.1. The number of nitrogens with zero attached hydrogens (tertiary/aromatic N) is 4. The van der Waals surface area contributed by atoms with E-state index < -0.39 is 22.6 Å². The molecular weight excluding hydrogens is 468 g/mol. The molecule has 1 unspecified atom stereocenters. The van der Waals surface area contributed by atoms with E-state index in [2.05, 4.69) is 4.98 Å². The van der Waals surface area contributed by atoms with Gasteiger partial charge >= 0.3 is 17.6 Å². The van der Waals surface area contributed by atoms with Gasteiger partial charge in [-0.1, -0.05) is 0 Å². The van der Waals surface area contributed by atoms with Crippen LogP contribution in [0.1, 0.15) is 65.5 Å². The highest BCUT2D eigenvalue weighted by molar-refractivity contribution is 5.75. The summed E-state index contributed by atoms with van der Waals surface area (Å²) in [6, 6.07) is 3.45. The van der Waals surface area contributed by atoms with Crippen LogP contribution in [0.3, 0.4) is 0 Å². The first-order valence-electron chi connectivity index (χ1n) is 12.0. The standard InChI is InChI=1S/C25H34N4O7/c1-16(36-18(3)30)10-7-8-12-27-22(31)20-21(28(24(27)33)14-19-11-9-13-34-19)26-17(2)29(20)15-35-23(32)25(4,5)6/h9,11,13,16H,7-8,10,12,14-15H2,1-6H3. The van der Waals surface area contributed by atoms with Crippen molar-refractivity contribution in [3.8, 4) is 0 Å². The minimum Gasteiger partial charge on any atom is -0.467 e. The first-order valence-corrected chi connectivity index (χ1v) is 12.0. The molecule has 1 atom stereocenters. The fourth-order valence-electron chi connectivity index (χ4n) is 3.84. The maximum Gasteiger partial charge on any atom is 0.333 e. The molecule has 36 heavy (non-hydrogen) atoms. The monoisotopic (exact) mass is 502 g/mol. The van der Waals surface area contributed by atoms with E-state index in [1.807, 2.05) is 0 Å². The fraction of sp³-hybridized carbons (Fsp3) is 0.560. The van der Waals surface area contributed by atoms with E-state index in [9.17, 15) is 19.2 Å². The van der Waals surface area contributed by atoms with E-state index >= 15 is 0 Å². The van der Waals surface area contributed by atoms with Gasteiger partial charge in [0.25, 0.3) is 5.56 Å². The lowest BCUT2D eigenvalue weighted by atomic mass is 9.98. The number of carbonyl (C=O) groups excluding carboxylic acids is 2. The van der Waals surface area contributed by atoms with Gasteiger partial charge in [-0.3, -0.25) is 28.1 Å². The van der Waals surface area contributed by atoms with Crippen LogP contribution in [0.5, 0.6) is 0 Å². The van der Waals surface area contributed by atoms with Crippen molar-refractivity contribution < 1.29 is 23.5 Å². The average molecular weight is 503 g/mol. The van der Waals surface area contributed by atoms with Crippen LogP contribution in [-0.2, 0) is 38.9 Å². The lowest BCUT2D eigenvalue weighted by Crippen LogP contribution is -2.41. The summed E-state index contributed by atoms with van der Waals surface area (Å²) in [5, 5.41) is 0. The van der Waals surface area contributed by atoms with Gasteiger partial charge in [0.2, 0.25) is 0 Å². The van der Waals surface area contributed by atoms with Crippen molar-refractivity contribution in [1.82, 2.24) is 18.7 Å². The van der Waals surface area contributed by atoms with Gasteiger partial charge in [0.15, 0.2) is 17.9 Å². The van der Waals surface area contributed by atoms with Gasteiger partial charge in [0, 0.05) is 13.5 Å². The first kappa shape index (κ1) is 27.0. The third-order valence-electron chi connectivity index (χ3n) is 5.75. The summed E-state index contributed by atoms with van der Waals surface area (Å²) in [5.41, 5.74) is -1.35. The predicted octanol–water partition coefficient (Wildman–Crippen LogP) is 2.98. The molecule has 0 bridgehead atoms. The number of aromatic nitrogens is 4. The number of hydrogen-bond donors (Lipinski definition) is 0. The number of unbranched alkanes of at least 4 members (excludes halogenated alkanes) is 1. The van der Waals surface area contributed by atoms with Gasteiger partial charge < -0.3 is 13.9 Å². The Kier molecular flexibility index (Phi) is 8.21. The van der Waals surface area contributed by atoms with E-state index in [1.54, 1.807) is 46.8 Å². The lowest BCUT2D eigenvalue weighted by molar-refractivity contribution is -0.156. The zero-order valence-corrected chi connectivity index (χ0v) is 21.7. The van der Waals surface area contributed by atoms with Crippen molar-refractivity contribution in [3.05, 3.63) is 50.8 Å². The van der Waals surface area contributed by atoms with Crippen LogP contribution >= 0.6 is 0 Å². The zero-order valence-electron chi connectivity index (χ0n) is 21.7. The zero-order chi connectivity index (χ0) is 26.6. The SMILES string of the molecule is CC(=O)OC(C)CCCCn1c(=O)c2c(nc(C)n2COC(=O)C(C)(C)C)n(Cc2ccco2)c1=O. The second-order valence-electron chi connectivity index (χ2n) is 9.89. The molecule has 0 aliphatic carbocycles. The Hall–Kier alpha value is -3.63. The van der Waals surface area contributed by atoms with Crippen LogP contribution in [0, 0.1) is 12.3 Å². The first-order chi connectivity index (χ1) is 16.9. The van der Waals surface area contributed by atoms with Crippen molar-refractivity contribution in [3.63, 3.8) is 0 Å². The maximum absolute atomic E-state index is 13.5. The Morgan fingerprint density at radius 1 is 1.14 bits per heavy atom. The summed E-state index contributed by atoms with van der Waals surface area (Å²) in [7, 11) is 0. The van der Waals surface area contributed by atoms with Gasteiger partial charge in [-0.25, -0.2) is 9.78 Å². The van der Waals surface area contributed by atoms with Crippen LogP contribution in [0.25, 0.3) is 11.2 Å². The van der Waals surface area contributed by atoms with Gasteiger partial charge in [0.05, 0.1) is 24.3 Å². The number of hydrogen-bond acceptors (Lipinski definition) is 8. The Labute approximate surface area is 208 Å². The molecule has 0 radical (unpaired) electrons. The third-order valence-corrected chi connectivity index (χ3v) is 5.75. The number of ether oxygens (including phenoxy) is 2. The van der Waals surface area contributed by atoms with Crippen LogP contribution in [0.2, 0.25) is 0 Å². The van der Waals surface area contributed by atoms with E-state index in [4.69, 9.17) is 13.9 Å². The summed E-state index contributed by atoms with van der Waals surface area (Å²) in [6.07, 6.45) is 3.04. The highest BCUT2D eigenvalue weighted by Gasteiger charge is 2.25. The minimum absolute atomic E-state index is 0.0876. The Morgan fingerprint density at radius 2 is 1.86 bits per heavy atom. The average Bonchev–Trinajstić information content (AvgIpc) is 3.40. The number of esters is 2. The lowest BCUT2D eigenvalue weighted by Gasteiger charge is -2.17. The Bertz CT molecular complexity index is 1340. The van der Waals surface area contributed by atoms with Crippen LogP contribution in [0.4, 0.5) is 0 Å². The molecule has 3 aromatic heterocycles. The second kappa shape index (κ2) is 11.0. The van der Waals surface area contributed by atoms with Crippen molar-refractivity contribution in [2.75, 3.05) is 0 Å². The van der Waals surface area contributed by atoms with Gasteiger partial charge in [0.1, 0.15) is 11.6 Å². The largest absolute Gasteiger partial charge is 0.467 e. The molecule has 11 heteroatoms. The molecule has 0 spiro atoms. The predicted molar refractivity (Wildman–Crippen MR) is 131 cm³/mol. The maximum atomic E-state index is 13.5. The molecule has 0 aliphatic rings. The molecule has 0 aliphatic heterocycles. The minimum atomic E-state index is -0.713. The third kappa shape index (κ3) is 6.13. The fourth-order valence-corrected chi connectivity index (χ4v) is 3.84. The molecule has 3 rings (SSSR count). The van der Waals surface area contributed by atoms with Crippen molar-refractivity contribution >= 4 is 23.1 Å². The smallest absolute Gasteiger partial charge is 0.333 e. The molecule has 196 valence electrons. The highest BCUT2D eigenvalue weighted by atomic mass is 16.5. The number of imidazole rings is 1. The molecule has 0 saturated heterocycles. The molecule has 0 aromatic carbocycles. The molecular formula is C25H34N4O7. The summed E-state index contributed by atoms with van der Waals surface area (Å²) >= 11 is 0. The number of rotatable bonds is 10. The summed E-state index contributed by atoms with van der Waals surface area (Å²) in [4.78, 5) is 54.9. The molecule has 0 fully saturated rings. The quantitative estimate of drug-likeness (QED) is 0.306. The topological polar surface area (TPSA) is 128 Å². The number of carbonyl (C=O) groups is 2. The molecule has 0 N–H and O–H groups in total. The van der Waals surface area contributed by atoms with E-state index in [0.717, 1.165) is 0 Å². The summed E-state index contributed by atoms with van der Waals surface area (Å²) in [6.45, 7) is 10.1. The van der Waals surface area contributed by atoms with E-state index in [-0.39, 0.29) is 43.1 Å². The number of aryl methyl sites for hydroxylation is 1. The van der Waals surface area contributed by atoms with Crippen molar-refractivity contribution in [2.45, 2.75) is 86.7 Å². The molecule has 3 aromatic rings. The van der Waals surface area contributed by atoms with Gasteiger partial charge in [-0.2, -0.15) is 0 Å². The van der Waals surface area contributed by atoms with E-state index in [0.29, 0.717) is 30.8 Å².